The van der Waals surface area contributed by atoms with Crippen LogP contribution < -0.4 is 25.4 Å². The highest BCUT2D eigenvalue weighted by Crippen LogP contribution is 2.28. The number of aryl methyl sites for hydroxylation is 1. The van der Waals surface area contributed by atoms with Crippen molar-refractivity contribution in [1.29, 1.82) is 5.41 Å². The number of guanidine groups is 1. The van der Waals surface area contributed by atoms with E-state index in [1.165, 1.54) is 26.3 Å². The quantitative estimate of drug-likeness (QED) is 0.214. The number of rotatable bonds is 10. The third-order valence-electron chi connectivity index (χ3n) is 6.77. The van der Waals surface area contributed by atoms with Gasteiger partial charge in [0.25, 0.3) is 0 Å². The molecule has 1 atom stereocenters. The molecule has 1 saturated carbocycles. The highest BCUT2D eigenvalue weighted by atomic mass is 35.5. The van der Waals surface area contributed by atoms with E-state index >= 15 is 0 Å². The number of nitrogens with one attached hydrogen (secondary N) is 5. The Morgan fingerprint density at radius 3 is 2.51 bits per heavy atom. The van der Waals surface area contributed by atoms with Crippen LogP contribution in [0.3, 0.4) is 0 Å². The highest BCUT2D eigenvalue weighted by molar-refractivity contribution is 7.89. The number of sulfonamides is 1. The molecule has 3 rings (SSSR count). The van der Waals surface area contributed by atoms with Gasteiger partial charge in [0.05, 0.1) is 18.4 Å². The minimum atomic E-state index is -3.70. The number of carbonyl (C=O) groups excluding carboxylic acids is 2. The summed E-state index contributed by atoms with van der Waals surface area (Å²) in [5.41, 5.74) is 1.67. The number of hydrogen-bond acceptors (Lipinski definition) is 6. The predicted molar refractivity (Wildman–Crippen MR) is 152 cm³/mol. The van der Waals surface area contributed by atoms with Crippen molar-refractivity contribution in [1.82, 2.24) is 15.4 Å². The van der Waals surface area contributed by atoms with E-state index in [9.17, 15) is 18.0 Å². The first-order valence-corrected chi connectivity index (χ1v) is 14.7. The Hall–Kier alpha value is -3.15. The largest absolute Gasteiger partial charge is 0.497 e. The fraction of sp³-hybridized carbons (Fsp3) is 0.444. The van der Waals surface area contributed by atoms with Crippen LogP contribution in [0.4, 0.5) is 5.69 Å². The zero-order valence-electron chi connectivity index (χ0n) is 22.4. The molecule has 212 valence electrons. The van der Waals surface area contributed by atoms with Crippen LogP contribution >= 0.6 is 11.6 Å². The molecule has 0 aliphatic heterocycles. The molecule has 2 amide bonds. The molecule has 0 spiro atoms. The van der Waals surface area contributed by atoms with Crippen molar-refractivity contribution in [2.75, 3.05) is 19.5 Å². The standard InChI is InChI=1S/C27H36ClN5O5S/c1-17-9-10-22(39(36,37)30-2)16-23(17)31-26(35)24(13-18-7-5-4-6-8-18)32-27(29)33-25(34)14-19-11-20(28)15-21(12-19)38-3/h9-12,15-16,18,24,30H,4-8,13-14H2,1-3H3,(H,31,35)(H3,29,32,33,34)/t24-/m1/s1. The summed E-state index contributed by atoms with van der Waals surface area (Å²) in [5, 5.41) is 17.0. The maximum absolute atomic E-state index is 13.4. The predicted octanol–water partition coefficient (Wildman–Crippen LogP) is 3.73. The van der Waals surface area contributed by atoms with Crippen LogP contribution in [-0.2, 0) is 26.0 Å². The zero-order chi connectivity index (χ0) is 28.6. The van der Waals surface area contributed by atoms with Gasteiger partial charge < -0.3 is 15.4 Å². The van der Waals surface area contributed by atoms with Crippen LogP contribution in [-0.4, -0.2) is 46.4 Å². The van der Waals surface area contributed by atoms with Crippen molar-refractivity contribution in [3.05, 3.63) is 52.5 Å². The lowest BCUT2D eigenvalue weighted by atomic mass is 9.84. The molecule has 1 aliphatic carbocycles. The summed E-state index contributed by atoms with van der Waals surface area (Å²) in [5.74, 6) is -0.352. The Balaban J connectivity index is 1.72. The Bertz CT molecular complexity index is 1310. The number of carbonyl (C=O) groups is 2. The van der Waals surface area contributed by atoms with Crippen molar-refractivity contribution < 1.29 is 22.7 Å². The number of halogens is 1. The van der Waals surface area contributed by atoms with Gasteiger partial charge in [-0.1, -0.05) is 49.8 Å². The van der Waals surface area contributed by atoms with Gasteiger partial charge in [-0.25, -0.2) is 13.1 Å². The average Bonchev–Trinajstić information content (AvgIpc) is 2.89. The van der Waals surface area contributed by atoms with Crippen LogP contribution in [0.2, 0.25) is 5.02 Å². The van der Waals surface area contributed by atoms with Gasteiger partial charge in [-0.15, -0.1) is 0 Å². The molecular weight excluding hydrogens is 542 g/mol. The molecule has 0 bridgehead atoms. The lowest BCUT2D eigenvalue weighted by Crippen LogP contribution is -2.51. The van der Waals surface area contributed by atoms with Gasteiger partial charge >= 0.3 is 0 Å². The monoisotopic (exact) mass is 577 g/mol. The first-order valence-electron chi connectivity index (χ1n) is 12.8. The fourth-order valence-electron chi connectivity index (χ4n) is 4.65. The molecule has 2 aromatic rings. The Morgan fingerprint density at radius 1 is 1.13 bits per heavy atom. The lowest BCUT2D eigenvalue weighted by Gasteiger charge is -2.27. The van der Waals surface area contributed by atoms with Crippen LogP contribution in [0.15, 0.2) is 41.3 Å². The number of benzene rings is 2. The highest BCUT2D eigenvalue weighted by Gasteiger charge is 2.26. The van der Waals surface area contributed by atoms with Crippen molar-refractivity contribution in [2.45, 2.75) is 62.8 Å². The summed E-state index contributed by atoms with van der Waals surface area (Å²) in [6.45, 7) is 1.77. The number of methoxy groups -OCH3 is 1. The Labute approximate surface area is 234 Å². The number of hydrogen-bond donors (Lipinski definition) is 5. The second-order valence-electron chi connectivity index (χ2n) is 9.71. The van der Waals surface area contributed by atoms with Crippen molar-refractivity contribution in [2.24, 2.45) is 5.92 Å². The van der Waals surface area contributed by atoms with E-state index in [1.54, 1.807) is 31.2 Å². The molecule has 1 fully saturated rings. The summed E-state index contributed by atoms with van der Waals surface area (Å²) < 4.78 is 32.0. The van der Waals surface area contributed by atoms with E-state index in [2.05, 4.69) is 20.7 Å². The number of anilines is 1. The number of amides is 2. The molecule has 2 aromatic carbocycles. The van der Waals surface area contributed by atoms with Crippen molar-refractivity contribution >= 4 is 45.1 Å². The smallest absolute Gasteiger partial charge is 0.246 e. The zero-order valence-corrected chi connectivity index (χ0v) is 24.0. The lowest BCUT2D eigenvalue weighted by molar-refractivity contribution is -0.120. The van der Waals surface area contributed by atoms with E-state index in [-0.39, 0.29) is 17.3 Å². The van der Waals surface area contributed by atoms with Gasteiger partial charge in [-0.05, 0) is 67.8 Å². The average molecular weight is 578 g/mol. The summed E-state index contributed by atoms with van der Waals surface area (Å²) >= 11 is 6.09. The first kappa shape index (κ1) is 30.4. The molecule has 39 heavy (non-hydrogen) atoms. The van der Waals surface area contributed by atoms with Crippen LogP contribution in [0, 0.1) is 18.3 Å². The van der Waals surface area contributed by atoms with Gasteiger partial charge in [0.1, 0.15) is 11.8 Å². The van der Waals surface area contributed by atoms with Crippen molar-refractivity contribution in [3.63, 3.8) is 0 Å². The normalized spacial score (nSPS) is 14.8. The summed E-state index contributed by atoms with van der Waals surface area (Å²) in [4.78, 5) is 26.1. The minimum absolute atomic E-state index is 0.0281. The fourth-order valence-corrected chi connectivity index (χ4v) is 5.65. The molecule has 0 saturated heterocycles. The Morgan fingerprint density at radius 2 is 1.85 bits per heavy atom. The number of ether oxygens (including phenoxy) is 1. The molecule has 0 radical (unpaired) electrons. The van der Waals surface area contributed by atoms with Gasteiger partial charge in [-0.2, -0.15) is 0 Å². The first-order chi connectivity index (χ1) is 18.5. The third kappa shape index (κ3) is 8.94. The molecule has 1 aliphatic rings. The summed E-state index contributed by atoms with van der Waals surface area (Å²) in [6, 6.07) is 8.65. The minimum Gasteiger partial charge on any atom is -0.497 e. The van der Waals surface area contributed by atoms with Crippen molar-refractivity contribution in [3.8, 4) is 5.75 Å². The van der Waals surface area contributed by atoms with E-state index in [0.29, 0.717) is 39.9 Å². The third-order valence-corrected chi connectivity index (χ3v) is 8.40. The topological polar surface area (TPSA) is 149 Å². The second kappa shape index (κ2) is 13.8. The molecule has 0 aromatic heterocycles. The van der Waals surface area contributed by atoms with Gasteiger partial charge in [-0.3, -0.25) is 20.3 Å². The second-order valence-corrected chi connectivity index (χ2v) is 12.0. The van der Waals surface area contributed by atoms with Gasteiger partial charge in [0.2, 0.25) is 21.8 Å². The van der Waals surface area contributed by atoms with E-state index in [4.69, 9.17) is 21.7 Å². The van der Waals surface area contributed by atoms with E-state index in [1.807, 2.05) is 0 Å². The van der Waals surface area contributed by atoms with E-state index in [0.717, 1.165) is 32.1 Å². The maximum Gasteiger partial charge on any atom is 0.246 e. The van der Waals surface area contributed by atoms with Crippen LogP contribution in [0.5, 0.6) is 5.75 Å². The maximum atomic E-state index is 13.4. The molecule has 0 unspecified atom stereocenters. The molecular formula is C27H36ClN5O5S. The van der Waals surface area contributed by atoms with Crippen LogP contribution in [0.1, 0.15) is 49.7 Å². The molecule has 0 heterocycles. The Kier molecular flexibility index (Phi) is 10.7. The van der Waals surface area contributed by atoms with E-state index < -0.39 is 27.9 Å². The van der Waals surface area contributed by atoms with Gasteiger partial charge in [0, 0.05) is 10.7 Å². The molecule has 5 N–H and O–H groups in total. The molecule has 12 heteroatoms. The summed E-state index contributed by atoms with van der Waals surface area (Å²) in [6.07, 6.45) is 5.73. The SMILES string of the molecule is CNS(=O)(=O)c1ccc(C)c(NC(=O)[C@@H](CC2CCCCC2)NC(=N)NC(=O)Cc2cc(Cl)cc(OC)c2)c1. The molecule has 10 nitrogen and oxygen atoms in total. The van der Waals surface area contributed by atoms with Gasteiger partial charge in [0.15, 0.2) is 5.96 Å². The summed E-state index contributed by atoms with van der Waals surface area (Å²) in [7, 11) is -0.873. The van der Waals surface area contributed by atoms with Crippen LogP contribution in [0.25, 0.3) is 0 Å².